The van der Waals surface area contributed by atoms with Crippen molar-refractivity contribution >= 4 is 17.3 Å². The molecule has 1 aromatic carbocycles. The highest BCUT2D eigenvalue weighted by Crippen LogP contribution is 2.29. The predicted molar refractivity (Wildman–Crippen MR) is 79.0 cm³/mol. The van der Waals surface area contributed by atoms with Gasteiger partial charge in [0.25, 0.3) is 5.91 Å². The number of benzene rings is 1. The van der Waals surface area contributed by atoms with Crippen LogP contribution in [0.3, 0.4) is 0 Å². The number of amides is 1. The van der Waals surface area contributed by atoms with Crippen LogP contribution >= 0.6 is 0 Å². The average Bonchev–Trinajstić information content (AvgIpc) is 2.46. The molecule has 21 heavy (non-hydrogen) atoms. The molecule has 0 bridgehead atoms. The third kappa shape index (κ3) is 3.92. The molecule has 1 unspecified atom stereocenters. The molecular formula is C14H18N4O3. The van der Waals surface area contributed by atoms with Crippen LogP contribution in [0.5, 0.6) is 0 Å². The number of nitrogens with one attached hydrogen (secondary N) is 1. The van der Waals surface area contributed by atoms with Crippen molar-refractivity contribution in [3.8, 4) is 6.07 Å². The Morgan fingerprint density at radius 2 is 2.24 bits per heavy atom. The number of anilines is 1. The molecule has 1 N–H and O–H groups in total. The number of nitro benzene ring substituents is 1. The molecule has 0 aliphatic rings. The molecule has 0 spiro atoms. The van der Waals surface area contributed by atoms with Gasteiger partial charge in [0.2, 0.25) is 0 Å². The number of rotatable bonds is 6. The van der Waals surface area contributed by atoms with Crippen LogP contribution in [0.2, 0.25) is 0 Å². The molecule has 7 nitrogen and oxygen atoms in total. The van der Waals surface area contributed by atoms with E-state index in [0.717, 1.165) is 0 Å². The van der Waals surface area contributed by atoms with E-state index in [1.807, 2.05) is 13.0 Å². The number of carbonyl (C=O) groups excluding carboxylic acids is 1. The number of para-hydroxylation sites is 1. The Bertz CT molecular complexity index is 580. The lowest BCUT2D eigenvalue weighted by Crippen LogP contribution is -2.31. The van der Waals surface area contributed by atoms with Crippen molar-refractivity contribution < 1.29 is 9.72 Å². The van der Waals surface area contributed by atoms with Crippen molar-refractivity contribution in [2.24, 2.45) is 5.92 Å². The number of hydrogen-bond acceptors (Lipinski definition) is 5. The molecule has 1 amide bonds. The second kappa shape index (κ2) is 7.24. The van der Waals surface area contributed by atoms with Gasteiger partial charge >= 0.3 is 5.69 Å². The van der Waals surface area contributed by atoms with Gasteiger partial charge in [-0.05, 0) is 26.0 Å². The van der Waals surface area contributed by atoms with Crippen molar-refractivity contribution in [3.63, 3.8) is 0 Å². The first-order valence-corrected chi connectivity index (χ1v) is 6.58. The van der Waals surface area contributed by atoms with Crippen LogP contribution in [0.25, 0.3) is 0 Å². The van der Waals surface area contributed by atoms with Crippen LogP contribution < -0.4 is 5.32 Å². The fraction of sp³-hybridized carbons (Fsp3) is 0.429. The fourth-order valence-electron chi connectivity index (χ4n) is 1.99. The van der Waals surface area contributed by atoms with Crippen LogP contribution in [0, 0.1) is 27.4 Å². The normalized spacial score (nSPS) is 11.3. The summed E-state index contributed by atoms with van der Waals surface area (Å²) in [6, 6.07) is 6.62. The molecule has 0 saturated heterocycles. The third-order valence-electron chi connectivity index (χ3n) is 2.93. The summed E-state index contributed by atoms with van der Waals surface area (Å²) in [7, 11) is 1.53. The van der Waals surface area contributed by atoms with Gasteiger partial charge in [0, 0.05) is 20.1 Å². The quantitative estimate of drug-likeness (QED) is 0.640. The Kier molecular flexibility index (Phi) is 5.67. The van der Waals surface area contributed by atoms with Gasteiger partial charge in [0.05, 0.1) is 16.9 Å². The summed E-state index contributed by atoms with van der Waals surface area (Å²) in [6.45, 7) is 4.24. The largest absolute Gasteiger partial charge is 0.380 e. The lowest BCUT2D eigenvalue weighted by Gasteiger charge is -2.18. The number of nitrogens with zero attached hydrogens (tertiary/aromatic N) is 3. The highest BCUT2D eigenvalue weighted by Gasteiger charge is 2.26. The Labute approximate surface area is 123 Å². The van der Waals surface area contributed by atoms with Crippen molar-refractivity contribution in [1.29, 1.82) is 5.26 Å². The summed E-state index contributed by atoms with van der Waals surface area (Å²) in [6.07, 6.45) is 0. The SMILES string of the molecule is CCNc1cccc(C(=O)N(C)CC(C)C#N)c1[N+](=O)[O-]. The van der Waals surface area contributed by atoms with E-state index in [4.69, 9.17) is 5.26 Å². The monoisotopic (exact) mass is 290 g/mol. The highest BCUT2D eigenvalue weighted by atomic mass is 16.6. The van der Waals surface area contributed by atoms with E-state index in [1.54, 1.807) is 19.1 Å². The minimum atomic E-state index is -0.563. The zero-order chi connectivity index (χ0) is 16.0. The highest BCUT2D eigenvalue weighted by molar-refractivity contribution is 6.00. The van der Waals surface area contributed by atoms with E-state index < -0.39 is 10.8 Å². The summed E-state index contributed by atoms with van der Waals surface area (Å²) in [4.78, 5) is 24.4. The molecule has 0 heterocycles. The summed E-state index contributed by atoms with van der Waals surface area (Å²) >= 11 is 0. The first-order chi connectivity index (χ1) is 9.92. The number of hydrogen-bond donors (Lipinski definition) is 1. The van der Waals surface area contributed by atoms with Gasteiger partial charge in [-0.3, -0.25) is 14.9 Å². The molecule has 0 radical (unpaired) electrons. The molecule has 0 aliphatic carbocycles. The maximum absolute atomic E-state index is 12.4. The van der Waals surface area contributed by atoms with Crippen molar-refractivity contribution in [2.75, 3.05) is 25.5 Å². The predicted octanol–water partition coefficient (Wildman–Crippen LogP) is 2.26. The summed E-state index contributed by atoms with van der Waals surface area (Å²) in [5, 5.41) is 22.9. The minimum Gasteiger partial charge on any atom is -0.380 e. The Morgan fingerprint density at radius 3 is 2.76 bits per heavy atom. The van der Waals surface area contributed by atoms with Crippen LogP contribution in [0.1, 0.15) is 24.2 Å². The van der Waals surface area contributed by atoms with Gasteiger partial charge in [0.15, 0.2) is 0 Å². The molecule has 112 valence electrons. The molecule has 1 rings (SSSR count). The standard InChI is InChI=1S/C14H18N4O3/c1-4-16-12-7-5-6-11(13(12)18(20)21)14(19)17(3)9-10(2)8-15/h5-7,10,16H,4,9H2,1-3H3. The van der Waals surface area contributed by atoms with Gasteiger partial charge < -0.3 is 10.2 Å². The van der Waals surface area contributed by atoms with Gasteiger partial charge in [-0.25, -0.2) is 0 Å². The number of nitro groups is 1. The maximum atomic E-state index is 12.4. The lowest BCUT2D eigenvalue weighted by molar-refractivity contribution is -0.384. The van der Waals surface area contributed by atoms with E-state index in [1.165, 1.54) is 18.0 Å². The van der Waals surface area contributed by atoms with E-state index in [2.05, 4.69) is 5.32 Å². The van der Waals surface area contributed by atoms with Crippen LogP contribution in [0.4, 0.5) is 11.4 Å². The van der Waals surface area contributed by atoms with E-state index in [0.29, 0.717) is 12.2 Å². The first kappa shape index (κ1) is 16.4. The average molecular weight is 290 g/mol. The molecule has 0 aliphatic heterocycles. The van der Waals surface area contributed by atoms with Crippen molar-refractivity contribution in [2.45, 2.75) is 13.8 Å². The molecule has 0 aromatic heterocycles. The summed E-state index contributed by atoms with van der Waals surface area (Å²) in [5.41, 5.74) is 0.0991. The zero-order valence-electron chi connectivity index (χ0n) is 12.3. The Balaban J connectivity index is 3.17. The first-order valence-electron chi connectivity index (χ1n) is 6.58. The summed E-state index contributed by atoms with van der Waals surface area (Å²) in [5.74, 6) is -0.807. The van der Waals surface area contributed by atoms with Crippen molar-refractivity contribution in [3.05, 3.63) is 33.9 Å². The number of carbonyl (C=O) groups is 1. The Hall–Kier alpha value is -2.62. The number of nitriles is 1. The molecule has 1 atom stereocenters. The van der Waals surface area contributed by atoms with Crippen molar-refractivity contribution in [1.82, 2.24) is 4.90 Å². The van der Waals surface area contributed by atoms with Gasteiger partial charge in [0.1, 0.15) is 11.3 Å². The maximum Gasteiger partial charge on any atom is 0.305 e. The van der Waals surface area contributed by atoms with Gasteiger partial charge in [-0.15, -0.1) is 0 Å². The van der Waals surface area contributed by atoms with Gasteiger partial charge in [-0.2, -0.15) is 5.26 Å². The Morgan fingerprint density at radius 1 is 1.57 bits per heavy atom. The molecule has 0 fully saturated rings. The smallest absolute Gasteiger partial charge is 0.305 e. The lowest BCUT2D eigenvalue weighted by atomic mass is 10.1. The summed E-state index contributed by atoms with van der Waals surface area (Å²) < 4.78 is 0. The minimum absolute atomic E-state index is 0.0195. The van der Waals surface area contributed by atoms with E-state index >= 15 is 0 Å². The molecule has 0 saturated carbocycles. The van der Waals surface area contributed by atoms with Crippen LogP contribution in [0.15, 0.2) is 18.2 Å². The zero-order valence-corrected chi connectivity index (χ0v) is 12.3. The van der Waals surface area contributed by atoms with Gasteiger partial charge in [-0.1, -0.05) is 6.07 Å². The second-order valence-corrected chi connectivity index (χ2v) is 4.71. The molecular weight excluding hydrogens is 272 g/mol. The van der Waals surface area contributed by atoms with E-state index in [9.17, 15) is 14.9 Å². The molecule has 7 heteroatoms. The fourth-order valence-corrected chi connectivity index (χ4v) is 1.99. The third-order valence-corrected chi connectivity index (χ3v) is 2.93. The second-order valence-electron chi connectivity index (χ2n) is 4.71. The van der Waals surface area contributed by atoms with Crippen LogP contribution in [-0.4, -0.2) is 35.9 Å². The van der Waals surface area contributed by atoms with Crippen LogP contribution in [-0.2, 0) is 0 Å². The molecule has 1 aromatic rings. The topological polar surface area (TPSA) is 99.3 Å². The van der Waals surface area contributed by atoms with E-state index in [-0.39, 0.29) is 23.7 Å².